The van der Waals surface area contributed by atoms with E-state index in [-0.39, 0.29) is 5.92 Å². The molecule has 0 saturated heterocycles. The van der Waals surface area contributed by atoms with Crippen molar-refractivity contribution < 1.29 is 4.74 Å². The molecule has 0 aliphatic heterocycles. The van der Waals surface area contributed by atoms with Crippen LogP contribution in [0.25, 0.3) is 16.6 Å². The first-order valence-electron chi connectivity index (χ1n) is 8.77. The Balaban J connectivity index is 1.94. The molecule has 3 aromatic heterocycles. The van der Waals surface area contributed by atoms with E-state index in [0.717, 1.165) is 39.3 Å². The van der Waals surface area contributed by atoms with Gasteiger partial charge in [0.05, 0.1) is 13.3 Å². The fraction of sp³-hybridized carbons (Fsp3) is 0.190. The van der Waals surface area contributed by atoms with Gasteiger partial charge in [0.25, 0.3) is 0 Å². The summed E-state index contributed by atoms with van der Waals surface area (Å²) in [4.78, 5) is 13.0. The third-order valence-corrected chi connectivity index (χ3v) is 5.64. The molecule has 28 heavy (non-hydrogen) atoms. The molecule has 0 fully saturated rings. The van der Waals surface area contributed by atoms with Gasteiger partial charge in [0.2, 0.25) is 0 Å². The monoisotopic (exact) mass is 412 g/mol. The predicted octanol–water partition coefficient (Wildman–Crippen LogP) is 5.57. The minimum Gasteiger partial charge on any atom is -0.496 e. The van der Waals surface area contributed by atoms with Gasteiger partial charge in [-0.2, -0.15) is 0 Å². The van der Waals surface area contributed by atoms with E-state index < -0.39 is 0 Å². The lowest BCUT2D eigenvalue weighted by Gasteiger charge is -2.21. The lowest BCUT2D eigenvalue weighted by Crippen LogP contribution is -2.07. The molecule has 7 heteroatoms. The Bertz CT molecular complexity index is 1160. The van der Waals surface area contributed by atoms with Crippen LogP contribution in [0.2, 0.25) is 10.2 Å². The summed E-state index contributed by atoms with van der Waals surface area (Å²) in [5.74, 6) is 1.50. The summed E-state index contributed by atoms with van der Waals surface area (Å²) in [7, 11) is 1.67. The van der Waals surface area contributed by atoms with Gasteiger partial charge in [0.15, 0.2) is 5.15 Å². The van der Waals surface area contributed by atoms with Crippen molar-refractivity contribution in [1.82, 2.24) is 19.4 Å². The van der Waals surface area contributed by atoms with Gasteiger partial charge in [0.1, 0.15) is 17.1 Å². The van der Waals surface area contributed by atoms with E-state index in [4.69, 9.17) is 27.9 Å². The minimum absolute atomic E-state index is 0.0931. The van der Waals surface area contributed by atoms with Crippen LogP contribution in [-0.2, 0) is 0 Å². The molecule has 0 aliphatic carbocycles. The summed E-state index contributed by atoms with van der Waals surface area (Å²) in [5, 5.41) is 1.08. The van der Waals surface area contributed by atoms with Gasteiger partial charge >= 0.3 is 0 Å². The first kappa shape index (κ1) is 18.7. The molecule has 1 atom stereocenters. The largest absolute Gasteiger partial charge is 0.496 e. The molecule has 0 saturated carbocycles. The molecule has 0 bridgehead atoms. The maximum Gasteiger partial charge on any atom is 0.154 e. The zero-order valence-corrected chi connectivity index (χ0v) is 17.2. The second-order valence-electron chi connectivity index (χ2n) is 6.53. The lowest BCUT2D eigenvalue weighted by atomic mass is 9.91. The van der Waals surface area contributed by atoms with Gasteiger partial charge in [-0.25, -0.2) is 9.97 Å². The molecule has 0 aliphatic rings. The summed E-state index contributed by atoms with van der Waals surface area (Å²) >= 11 is 12.8. The summed E-state index contributed by atoms with van der Waals surface area (Å²) < 4.78 is 7.80. The number of fused-ring (bicyclic) bond motifs is 1. The second-order valence-corrected chi connectivity index (χ2v) is 7.30. The topological polar surface area (TPSA) is 52.3 Å². The number of rotatable bonds is 4. The van der Waals surface area contributed by atoms with Crippen molar-refractivity contribution in [3.63, 3.8) is 0 Å². The van der Waals surface area contributed by atoms with Crippen molar-refractivity contribution in [2.24, 2.45) is 0 Å². The number of hydrogen-bond donors (Lipinski definition) is 0. The molecule has 0 N–H and O–H groups in total. The van der Waals surface area contributed by atoms with E-state index in [2.05, 4.69) is 21.9 Å². The first-order valence-corrected chi connectivity index (χ1v) is 9.53. The maximum atomic E-state index is 6.61. The predicted molar refractivity (Wildman–Crippen MR) is 111 cm³/mol. The van der Waals surface area contributed by atoms with Gasteiger partial charge in [-0.1, -0.05) is 36.2 Å². The number of methoxy groups -OCH3 is 1. The lowest BCUT2D eigenvalue weighted by molar-refractivity contribution is 0.409. The van der Waals surface area contributed by atoms with Crippen LogP contribution in [-0.4, -0.2) is 26.5 Å². The number of hydrogen-bond acceptors (Lipinski definition) is 4. The third-order valence-electron chi connectivity index (χ3n) is 4.95. The Morgan fingerprint density at radius 2 is 1.96 bits per heavy atom. The number of halogens is 2. The number of nitrogens with zero attached hydrogens (tertiary/aromatic N) is 4. The van der Waals surface area contributed by atoms with Crippen molar-refractivity contribution in [2.75, 3.05) is 7.11 Å². The Morgan fingerprint density at radius 1 is 1.14 bits per heavy atom. The molecule has 1 unspecified atom stereocenters. The van der Waals surface area contributed by atoms with Crippen LogP contribution >= 0.6 is 23.2 Å². The molecule has 3 heterocycles. The average molecular weight is 413 g/mol. The molecule has 0 spiro atoms. The van der Waals surface area contributed by atoms with Crippen molar-refractivity contribution in [3.8, 4) is 16.9 Å². The molecular weight excluding hydrogens is 395 g/mol. The van der Waals surface area contributed by atoms with E-state index in [9.17, 15) is 0 Å². The number of aromatic nitrogens is 4. The molecule has 0 radical (unpaired) electrons. The van der Waals surface area contributed by atoms with Crippen LogP contribution in [0.5, 0.6) is 5.75 Å². The first-order chi connectivity index (χ1) is 13.5. The van der Waals surface area contributed by atoms with E-state index in [1.165, 1.54) is 0 Å². The Morgan fingerprint density at radius 3 is 2.68 bits per heavy atom. The highest BCUT2D eigenvalue weighted by Crippen LogP contribution is 2.43. The molecule has 4 rings (SSSR count). The average Bonchev–Trinajstić information content (AvgIpc) is 3.15. The van der Waals surface area contributed by atoms with Crippen LogP contribution in [0.4, 0.5) is 0 Å². The SMILES string of the molecule is COc1c(C(C)c2ncc3c(Cl)nccn23)cc(Cl)c(C)c1-c1cccnc1. The smallest absolute Gasteiger partial charge is 0.154 e. The highest BCUT2D eigenvalue weighted by molar-refractivity contribution is 6.32. The molecular formula is C21H18Cl2N4O. The third kappa shape index (κ3) is 3.01. The van der Waals surface area contributed by atoms with Gasteiger partial charge in [-0.3, -0.25) is 9.38 Å². The fourth-order valence-corrected chi connectivity index (χ4v) is 3.93. The van der Waals surface area contributed by atoms with Gasteiger partial charge in [-0.15, -0.1) is 0 Å². The van der Waals surface area contributed by atoms with Crippen molar-refractivity contribution in [1.29, 1.82) is 0 Å². The van der Waals surface area contributed by atoms with Crippen LogP contribution in [0.1, 0.15) is 29.8 Å². The minimum atomic E-state index is -0.0931. The molecule has 0 amide bonds. The van der Waals surface area contributed by atoms with Crippen LogP contribution in [0, 0.1) is 6.92 Å². The normalized spacial score (nSPS) is 12.3. The van der Waals surface area contributed by atoms with E-state index in [1.54, 1.807) is 25.7 Å². The quantitative estimate of drug-likeness (QED) is 0.439. The molecule has 5 nitrogen and oxygen atoms in total. The van der Waals surface area contributed by atoms with Crippen molar-refractivity contribution >= 4 is 28.7 Å². The number of benzene rings is 1. The number of ether oxygens (including phenoxy) is 1. The number of imidazole rings is 1. The van der Waals surface area contributed by atoms with Gasteiger partial charge in [0, 0.05) is 52.4 Å². The van der Waals surface area contributed by atoms with E-state index in [1.807, 2.05) is 41.9 Å². The van der Waals surface area contributed by atoms with Gasteiger partial charge < -0.3 is 4.74 Å². The highest BCUT2D eigenvalue weighted by atomic mass is 35.5. The standard InChI is InChI=1S/C21H18Cl2N4O/c1-12(21-26-11-17-20(23)25-7-8-27(17)21)15-9-16(22)13(2)18(19(15)28-3)14-5-4-6-24-10-14/h4-12H,1-3H3. The van der Waals surface area contributed by atoms with Crippen molar-refractivity contribution in [3.05, 3.63) is 76.3 Å². The van der Waals surface area contributed by atoms with Crippen molar-refractivity contribution in [2.45, 2.75) is 19.8 Å². The number of pyridine rings is 1. The Labute approximate surface area is 173 Å². The molecule has 4 aromatic rings. The zero-order chi connectivity index (χ0) is 19.8. The summed E-state index contributed by atoms with van der Waals surface area (Å²) in [6, 6.07) is 5.85. The van der Waals surface area contributed by atoms with Gasteiger partial charge in [-0.05, 0) is 24.6 Å². The molecule has 1 aromatic carbocycles. The van der Waals surface area contributed by atoms with E-state index in [0.29, 0.717) is 10.2 Å². The Hall–Kier alpha value is -2.63. The Kier molecular flexibility index (Phi) is 4.96. The summed E-state index contributed by atoms with van der Waals surface area (Å²) in [5.41, 5.74) is 4.54. The van der Waals surface area contributed by atoms with Crippen LogP contribution < -0.4 is 4.74 Å². The van der Waals surface area contributed by atoms with Crippen LogP contribution in [0.15, 0.2) is 49.2 Å². The van der Waals surface area contributed by atoms with Crippen LogP contribution in [0.3, 0.4) is 0 Å². The second kappa shape index (κ2) is 7.41. The van der Waals surface area contributed by atoms with E-state index >= 15 is 0 Å². The highest BCUT2D eigenvalue weighted by Gasteiger charge is 2.24. The maximum absolute atomic E-state index is 6.61. The molecule has 142 valence electrons. The summed E-state index contributed by atoms with van der Waals surface area (Å²) in [6.07, 6.45) is 8.79. The zero-order valence-electron chi connectivity index (χ0n) is 15.6. The fourth-order valence-electron chi connectivity index (χ4n) is 3.52. The summed E-state index contributed by atoms with van der Waals surface area (Å²) in [6.45, 7) is 4.05.